The SMILES string of the molecule is CCC(CNC(=O)c1cnn(-c2ccccc2)c1C)c1ccccc1. The lowest BCUT2D eigenvalue weighted by molar-refractivity contribution is 0.0950. The van der Waals surface area contributed by atoms with Crippen LogP contribution in [0.2, 0.25) is 0 Å². The summed E-state index contributed by atoms with van der Waals surface area (Å²) in [6.45, 7) is 4.68. The van der Waals surface area contributed by atoms with E-state index in [0.717, 1.165) is 17.8 Å². The van der Waals surface area contributed by atoms with Crippen molar-refractivity contribution in [1.82, 2.24) is 15.1 Å². The number of amides is 1. The molecule has 1 atom stereocenters. The van der Waals surface area contributed by atoms with Crippen molar-refractivity contribution in [2.45, 2.75) is 26.2 Å². The summed E-state index contributed by atoms with van der Waals surface area (Å²) in [6, 6.07) is 20.1. The van der Waals surface area contributed by atoms with E-state index in [2.05, 4.69) is 29.5 Å². The number of para-hydroxylation sites is 1. The molecular weight excluding hydrogens is 310 g/mol. The van der Waals surface area contributed by atoms with E-state index in [4.69, 9.17) is 0 Å². The lowest BCUT2D eigenvalue weighted by Gasteiger charge is -2.16. The van der Waals surface area contributed by atoms with E-state index in [0.29, 0.717) is 18.0 Å². The maximum absolute atomic E-state index is 12.6. The van der Waals surface area contributed by atoms with Crippen LogP contribution in [0.3, 0.4) is 0 Å². The summed E-state index contributed by atoms with van der Waals surface area (Å²) in [4.78, 5) is 12.6. The average Bonchev–Trinajstić information content (AvgIpc) is 3.05. The third kappa shape index (κ3) is 3.79. The van der Waals surface area contributed by atoms with Crippen molar-refractivity contribution < 1.29 is 4.79 Å². The molecule has 3 rings (SSSR count). The molecule has 128 valence electrons. The van der Waals surface area contributed by atoms with E-state index in [1.807, 2.05) is 55.5 Å². The van der Waals surface area contributed by atoms with Crippen molar-refractivity contribution in [3.63, 3.8) is 0 Å². The van der Waals surface area contributed by atoms with Gasteiger partial charge >= 0.3 is 0 Å². The van der Waals surface area contributed by atoms with Crippen LogP contribution in [0.15, 0.2) is 66.9 Å². The highest BCUT2D eigenvalue weighted by molar-refractivity contribution is 5.95. The number of hydrogen-bond donors (Lipinski definition) is 1. The molecule has 3 aromatic rings. The molecule has 0 bridgehead atoms. The van der Waals surface area contributed by atoms with Gasteiger partial charge in [-0.3, -0.25) is 4.79 Å². The molecule has 1 unspecified atom stereocenters. The molecule has 0 fully saturated rings. The molecule has 0 aliphatic carbocycles. The first kappa shape index (κ1) is 17.0. The fourth-order valence-corrected chi connectivity index (χ4v) is 3.00. The Hall–Kier alpha value is -2.88. The van der Waals surface area contributed by atoms with Crippen LogP contribution >= 0.6 is 0 Å². The van der Waals surface area contributed by atoms with Gasteiger partial charge in [-0.25, -0.2) is 4.68 Å². The number of nitrogens with zero attached hydrogens (tertiary/aromatic N) is 2. The van der Waals surface area contributed by atoms with Gasteiger partial charge in [-0.05, 0) is 31.0 Å². The predicted octanol–water partition coefficient (Wildman–Crippen LogP) is 4.10. The number of hydrogen-bond acceptors (Lipinski definition) is 2. The Kier molecular flexibility index (Phi) is 5.29. The van der Waals surface area contributed by atoms with Crippen molar-refractivity contribution in [3.05, 3.63) is 83.7 Å². The maximum Gasteiger partial charge on any atom is 0.254 e. The molecule has 0 aliphatic rings. The van der Waals surface area contributed by atoms with Gasteiger partial charge in [0.25, 0.3) is 5.91 Å². The summed E-state index contributed by atoms with van der Waals surface area (Å²) in [5.74, 6) is 0.240. The molecule has 0 saturated carbocycles. The second-order valence-electron chi connectivity index (χ2n) is 6.12. The summed E-state index contributed by atoms with van der Waals surface area (Å²) < 4.78 is 1.80. The van der Waals surface area contributed by atoms with E-state index < -0.39 is 0 Å². The van der Waals surface area contributed by atoms with Crippen LogP contribution in [-0.4, -0.2) is 22.2 Å². The van der Waals surface area contributed by atoms with Crippen LogP contribution in [0.1, 0.15) is 40.9 Å². The van der Waals surface area contributed by atoms with E-state index in [9.17, 15) is 4.79 Å². The van der Waals surface area contributed by atoms with Crippen LogP contribution in [0.5, 0.6) is 0 Å². The Balaban J connectivity index is 1.71. The molecule has 0 spiro atoms. The topological polar surface area (TPSA) is 46.9 Å². The van der Waals surface area contributed by atoms with Gasteiger partial charge in [0.2, 0.25) is 0 Å². The zero-order chi connectivity index (χ0) is 17.6. The molecule has 1 aromatic heterocycles. The minimum absolute atomic E-state index is 0.0749. The van der Waals surface area contributed by atoms with Crippen molar-refractivity contribution >= 4 is 5.91 Å². The highest BCUT2D eigenvalue weighted by Gasteiger charge is 2.17. The van der Waals surface area contributed by atoms with Crippen molar-refractivity contribution in [2.24, 2.45) is 0 Å². The van der Waals surface area contributed by atoms with E-state index in [1.54, 1.807) is 10.9 Å². The van der Waals surface area contributed by atoms with Gasteiger partial charge in [0, 0.05) is 12.5 Å². The van der Waals surface area contributed by atoms with Gasteiger partial charge < -0.3 is 5.32 Å². The van der Waals surface area contributed by atoms with Crippen molar-refractivity contribution in [2.75, 3.05) is 6.54 Å². The Morgan fingerprint density at radius 2 is 1.72 bits per heavy atom. The number of carbonyl (C=O) groups excluding carboxylic acids is 1. The molecule has 0 radical (unpaired) electrons. The number of benzene rings is 2. The molecule has 1 N–H and O–H groups in total. The van der Waals surface area contributed by atoms with Gasteiger partial charge in [0.15, 0.2) is 0 Å². The first-order valence-electron chi connectivity index (χ1n) is 8.64. The van der Waals surface area contributed by atoms with Crippen LogP contribution < -0.4 is 5.32 Å². The predicted molar refractivity (Wildman–Crippen MR) is 100 cm³/mol. The molecular formula is C21H23N3O. The average molecular weight is 333 g/mol. The fraction of sp³-hybridized carbons (Fsp3) is 0.238. The second-order valence-corrected chi connectivity index (χ2v) is 6.12. The monoisotopic (exact) mass is 333 g/mol. The zero-order valence-electron chi connectivity index (χ0n) is 14.6. The van der Waals surface area contributed by atoms with Crippen LogP contribution in [0.25, 0.3) is 5.69 Å². The minimum atomic E-state index is -0.0749. The molecule has 0 aliphatic heterocycles. The van der Waals surface area contributed by atoms with Crippen LogP contribution in [-0.2, 0) is 0 Å². The first-order valence-corrected chi connectivity index (χ1v) is 8.64. The first-order chi connectivity index (χ1) is 12.2. The van der Waals surface area contributed by atoms with Gasteiger partial charge in [0.05, 0.1) is 23.1 Å². The summed E-state index contributed by atoms with van der Waals surface area (Å²) in [5.41, 5.74) is 3.67. The molecule has 4 heteroatoms. The van der Waals surface area contributed by atoms with Crippen LogP contribution in [0, 0.1) is 6.92 Å². The maximum atomic E-state index is 12.6. The van der Waals surface area contributed by atoms with Gasteiger partial charge in [-0.1, -0.05) is 55.5 Å². The Bertz CT molecular complexity index is 825. The summed E-state index contributed by atoms with van der Waals surface area (Å²) in [7, 11) is 0. The Labute approximate surface area is 148 Å². The molecule has 25 heavy (non-hydrogen) atoms. The third-order valence-corrected chi connectivity index (χ3v) is 4.53. The number of rotatable bonds is 6. The van der Waals surface area contributed by atoms with Gasteiger partial charge in [-0.15, -0.1) is 0 Å². The standard InChI is InChI=1S/C21H23N3O/c1-3-17(18-10-6-4-7-11-18)14-22-21(25)20-15-23-24(16(20)2)19-12-8-5-9-13-19/h4-13,15,17H,3,14H2,1-2H3,(H,22,25). The lowest BCUT2D eigenvalue weighted by Crippen LogP contribution is -2.28. The molecule has 1 heterocycles. The summed E-state index contributed by atoms with van der Waals surface area (Å²) in [5, 5.41) is 7.43. The van der Waals surface area contributed by atoms with E-state index in [1.165, 1.54) is 5.56 Å². The van der Waals surface area contributed by atoms with Gasteiger partial charge in [0.1, 0.15) is 0 Å². The molecule has 4 nitrogen and oxygen atoms in total. The third-order valence-electron chi connectivity index (χ3n) is 4.53. The zero-order valence-corrected chi connectivity index (χ0v) is 14.6. The van der Waals surface area contributed by atoms with E-state index >= 15 is 0 Å². The highest BCUT2D eigenvalue weighted by atomic mass is 16.1. The fourth-order valence-electron chi connectivity index (χ4n) is 3.00. The van der Waals surface area contributed by atoms with Crippen molar-refractivity contribution in [1.29, 1.82) is 0 Å². The molecule has 1 amide bonds. The van der Waals surface area contributed by atoms with Crippen LogP contribution in [0.4, 0.5) is 0 Å². The summed E-state index contributed by atoms with van der Waals surface area (Å²) in [6.07, 6.45) is 2.62. The normalized spacial score (nSPS) is 11.9. The van der Waals surface area contributed by atoms with E-state index in [-0.39, 0.29) is 5.91 Å². The Morgan fingerprint density at radius 3 is 2.36 bits per heavy atom. The summed E-state index contributed by atoms with van der Waals surface area (Å²) >= 11 is 0. The minimum Gasteiger partial charge on any atom is -0.351 e. The number of aromatic nitrogens is 2. The lowest BCUT2D eigenvalue weighted by atomic mass is 9.96. The number of nitrogens with one attached hydrogen (secondary N) is 1. The molecule has 0 saturated heterocycles. The highest BCUT2D eigenvalue weighted by Crippen LogP contribution is 2.19. The second kappa shape index (κ2) is 7.79. The quantitative estimate of drug-likeness (QED) is 0.738. The smallest absolute Gasteiger partial charge is 0.254 e. The largest absolute Gasteiger partial charge is 0.351 e. The van der Waals surface area contributed by atoms with Crippen molar-refractivity contribution in [3.8, 4) is 5.69 Å². The van der Waals surface area contributed by atoms with Gasteiger partial charge in [-0.2, -0.15) is 5.10 Å². The molecule has 2 aromatic carbocycles. The number of carbonyl (C=O) groups is 1. The Morgan fingerprint density at radius 1 is 1.08 bits per heavy atom.